The van der Waals surface area contributed by atoms with Crippen LogP contribution in [-0.4, -0.2) is 24.5 Å². The van der Waals surface area contributed by atoms with E-state index in [-0.39, 0.29) is 25.3 Å². The molecule has 0 saturated heterocycles. The first-order chi connectivity index (χ1) is 22.9. The zero-order valence-corrected chi connectivity index (χ0v) is 26.4. The summed E-state index contributed by atoms with van der Waals surface area (Å²) in [5, 5.41) is 3.51. The van der Waals surface area contributed by atoms with E-state index in [9.17, 15) is 4.79 Å². The minimum absolute atomic E-state index is 0.00747. The molecule has 0 unspecified atom stereocenters. The Kier molecular flexibility index (Phi) is 9.57. The van der Waals surface area contributed by atoms with Gasteiger partial charge in [0.15, 0.2) is 0 Å². The fraction of sp³-hybridized carbons (Fsp3) is 0.200. The van der Waals surface area contributed by atoms with Gasteiger partial charge >= 0.3 is 5.97 Å². The molecule has 0 aromatic heterocycles. The number of aryl methyl sites for hydroxylation is 1. The normalized spacial score (nSPS) is 16.3. The van der Waals surface area contributed by atoms with E-state index in [0.29, 0.717) is 5.69 Å². The quantitative estimate of drug-likeness (QED) is 0.146. The number of benzene rings is 5. The van der Waals surface area contributed by atoms with Crippen LogP contribution in [-0.2, 0) is 37.8 Å². The first-order valence-electron chi connectivity index (χ1n) is 15.8. The molecule has 1 amide bonds. The van der Waals surface area contributed by atoms with E-state index in [0.717, 1.165) is 27.8 Å². The molecule has 1 heterocycles. The number of ether oxygens (including phenoxy) is 2. The van der Waals surface area contributed by atoms with Gasteiger partial charge in [0.25, 0.3) is 5.91 Å². The van der Waals surface area contributed by atoms with Crippen molar-refractivity contribution in [3.8, 4) is 0 Å². The van der Waals surface area contributed by atoms with Crippen LogP contribution in [0.15, 0.2) is 133 Å². The van der Waals surface area contributed by atoms with Crippen molar-refractivity contribution in [1.82, 2.24) is 5.32 Å². The molecule has 0 aliphatic carbocycles. The molecule has 7 heteroatoms. The van der Waals surface area contributed by atoms with Crippen molar-refractivity contribution in [2.45, 2.75) is 44.7 Å². The smallest absolute Gasteiger partial charge is 0.327 e. The molecule has 6 nitrogen and oxygen atoms in total. The molecule has 5 aromatic rings. The van der Waals surface area contributed by atoms with Crippen molar-refractivity contribution in [1.29, 1.82) is 0 Å². The Hall–Kier alpha value is -5.11. The highest BCUT2D eigenvalue weighted by Gasteiger charge is 2.60. The average molecular weight is 629 g/mol. The van der Waals surface area contributed by atoms with Crippen LogP contribution < -0.4 is 10.2 Å². The maximum absolute atomic E-state index is 15.3. The number of nitrogens with one attached hydrogen (secondary N) is 1. The number of anilines is 1. The first-order valence-corrected chi connectivity index (χ1v) is 15.8. The fourth-order valence-corrected chi connectivity index (χ4v) is 6.27. The second-order valence-corrected chi connectivity index (χ2v) is 11.6. The maximum Gasteiger partial charge on any atom is 0.327 e. The van der Waals surface area contributed by atoms with Gasteiger partial charge in [-0.05, 0) is 59.9 Å². The summed E-state index contributed by atoms with van der Waals surface area (Å²) in [7, 11) is 0. The molecule has 0 saturated carbocycles. The van der Waals surface area contributed by atoms with Crippen molar-refractivity contribution in [3.05, 3.63) is 173 Å². The molecule has 47 heavy (non-hydrogen) atoms. The van der Waals surface area contributed by atoms with Gasteiger partial charge in [-0.2, -0.15) is 0 Å². The summed E-state index contributed by atoms with van der Waals surface area (Å²) in [4.78, 5) is 31.0. The summed E-state index contributed by atoms with van der Waals surface area (Å²) in [5.74, 6) is -1.72. The largest absolute Gasteiger partial charge is 0.465 e. The summed E-state index contributed by atoms with van der Waals surface area (Å²) in [6.45, 7) is 3.94. The number of fused-ring (bicyclic) bond motifs is 1. The lowest BCUT2D eigenvalue weighted by Crippen LogP contribution is -2.60. The minimum Gasteiger partial charge on any atom is -0.465 e. The molecule has 1 N–H and O–H groups in total. The number of carbonyl (C=O) groups excluding carboxylic acids is 2. The summed E-state index contributed by atoms with van der Waals surface area (Å²) in [6.07, 6.45) is 0. The Morgan fingerprint density at radius 1 is 0.830 bits per heavy atom. The Morgan fingerprint density at radius 3 is 2.04 bits per heavy atom. The Bertz CT molecular complexity index is 1790. The van der Waals surface area contributed by atoms with Crippen LogP contribution in [0.2, 0.25) is 0 Å². The van der Waals surface area contributed by atoms with E-state index in [1.54, 1.807) is 17.9 Å². The van der Waals surface area contributed by atoms with Crippen molar-refractivity contribution in [2.75, 3.05) is 11.5 Å². The number of carbonyl (C=O) groups is 2. The molecular formula is C40H37FN2O4. The standard InChI is InChI=1S/C40H37FN2O4/c1-3-46-38(44)37(42-36(30-18-9-5-10-19-30)31-20-11-6-12-21-31)40(47-27-32-22-14-13-15-28(32)2)34-25-33(41)23-24-35(34)43(39(40)45)26-29-16-7-4-8-17-29/h4-25,36-37,42H,3,26-27H2,1-2H3/t37-,40-/m0/s1. The van der Waals surface area contributed by atoms with E-state index >= 15 is 9.18 Å². The van der Waals surface area contributed by atoms with Crippen LogP contribution >= 0.6 is 0 Å². The average Bonchev–Trinajstić information content (AvgIpc) is 3.32. The third-order valence-corrected chi connectivity index (χ3v) is 8.64. The number of hydrogen-bond donors (Lipinski definition) is 1. The molecule has 0 radical (unpaired) electrons. The SMILES string of the molecule is CCOC(=O)[C@H](NC(c1ccccc1)c1ccccc1)[C@]1(OCc2ccccc2C)C(=O)N(Cc2ccccc2)c2ccc(F)cc21. The second kappa shape index (κ2) is 14.1. The van der Waals surface area contributed by atoms with Crippen LogP contribution in [0.1, 0.15) is 46.3 Å². The highest BCUT2D eigenvalue weighted by Crippen LogP contribution is 2.48. The molecular weight excluding hydrogens is 591 g/mol. The van der Waals surface area contributed by atoms with Crippen LogP contribution in [0, 0.1) is 12.7 Å². The first kappa shape index (κ1) is 31.9. The lowest BCUT2D eigenvalue weighted by molar-refractivity contribution is -0.169. The minimum atomic E-state index is -1.98. The molecule has 0 bridgehead atoms. The lowest BCUT2D eigenvalue weighted by Gasteiger charge is -2.38. The number of amides is 1. The van der Waals surface area contributed by atoms with Crippen LogP contribution in [0.5, 0.6) is 0 Å². The monoisotopic (exact) mass is 628 g/mol. The van der Waals surface area contributed by atoms with E-state index in [2.05, 4.69) is 5.32 Å². The van der Waals surface area contributed by atoms with Crippen LogP contribution in [0.4, 0.5) is 10.1 Å². The molecule has 1 aliphatic rings. The third-order valence-electron chi connectivity index (χ3n) is 8.64. The molecule has 2 atom stereocenters. The highest BCUT2D eigenvalue weighted by molar-refractivity contribution is 6.10. The van der Waals surface area contributed by atoms with Gasteiger partial charge in [0, 0.05) is 5.56 Å². The second-order valence-electron chi connectivity index (χ2n) is 11.6. The molecule has 5 aromatic carbocycles. The van der Waals surface area contributed by atoms with Crippen molar-refractivity contribution in [3.63, 3.8) is 0 Å². The van der Waals surface area contributed by atoms with Gasteiger partial charge in [-0.1, -0.05) is 115 Å². The highest BCUT2D eigenvalue weighted by atomic mass is 19.1. The van der Waals surface area contributed by atoms with Gasteiger partial charge in [0.05, 0.1) is 31.5 Å². The number of rotatable bonds is 12. The van der Waals surface area contributed by atoms with Gasteiger partial charge in [-0.25, -0.2) is 4.39 Å². The van der Waals surface area contributed by atoms with E-state index in [4.69, 9.17) is 9.47 Å². The molecule has 1 aliphatic heterocycles. The number of hydrogen-bond acceptors (Lipinski definition) is 5. The van der Waals surface area contributed by atoms with E-state index < -0.39 is 35.4 Å². The topological polar surface area (TPSA) is 67.9 Å². The lowest BCUT2D eigenvalue weighted by atomic mass is 9.85. The Morgan fingerprint density at radius 2 is 1.43 bits per heavy atom. The van der Waals surface area contributed by atoms with Gasteiger partial charge in [0.2, 0.25) is 5.60 Å². The third kappa shape index (κ3) is 6.45. The Labute approximate surface area is 274 Å². The summed E-state index contributed by atoms with van der Waals surface area (Å²) in [5.41, 5.74) is 3.15. The van der Waals surface area contributed by atoms with Gasteiger partial charge in [-0.3, -0.25) is 14.9 Å². The van der Waals surface area contributed by atoms with Crippen molar-refractivity contribution < 1.29 is 23.5 Å². The zero-order chi connectivity index (χ0) is 32.8. The van der Waals surface area contributed by atoms with E-state index in [1.807, 2.05) is 122 Å². The maximum atomic E-state index is 15.3. The predicted molar refractivity (Wildman–Crippen MR) is 180 cm³/mol. The summed E-state index contributed by atoms with van der Waals surface area (Å²) in [6, 6.07) is 38.9. The van der Waals surface area contributed by atoms with E-state index in [1.165, 1.54) is 12.1 Å². The van der Waals surface area contributed by atoms with Crippen molar-refractivity contribution >= 4 is 17.6 Å². The summed E-state index contributed by atoms with van der Waals surface area (Å²) < 4.78 is 27.8. The van der Waals surface area contributed by atoms with Crippen molar-refractivity contribution in [2.24, 2.45) is 0 Å². The molecule has 0 fully saturated rings. The number of halogens is 1. The molecule has 0 spiro atoms. The zero-order valence-electron chi connectivity index (χ0n) is 26.4. The molecule has 238 valence electrons. The van der Waals surface area contributed by atoms with Crippen LogP contribution in [0.25, 0.3) is 0 Å². The summed E-state index contributed by atoms with van der Waals surface area (Å²) >= 11 is 0. The number of nitrogens with zero attached hydrogens (tertiary/aromatic N) is 1. The predicted octanol–water partition coefficient (Wildman–Crippen LogP) is 7.40. The van der Waals surface area contributed by atoms with Crippen LogP contribution in [0.3, 0.4) is 0 Å². The molecule has 6 rings (SSSR count). The number of esters is 1. The van der Waals surface area contributed by atoms with Gasteiger partial charge in [-0.15, -0.1) is 0 Å². The van der Waals surface area contributed by atoms with Gasteiger partial charge in [0.1, 0.15) is 11.9 Å². The fourth-order valence-electron chi connectivity index (χ4n) is 6.27. The van der Waals surface area contributed by atoms with Gasteiger partial charge < -0.3 is 14.4 Å². The Balaban J connectivity index is 1.55.